The first-order chi connectivity index (χ1) is 13.1. The van der Waals surface area contributed by atoms with E-state index in [1.54, 1.807) is 26.2 Å². The zero-order chi connectivity index (χ0) is 19.4. The van der Waals surface area contributed by atoms with Gasteiger partial charge in [0, 0.05) is 19.5 Å². The van der Waals surface area contributed by atoms with E-state index in [-0.39, 0.29) is 11.8 Å². The molecule has 0 unspecified atom stereocenters. The Morgan fingerprint density at radius 2 is 1.78 bits per heavy atom. The Labute approximate surface area is 163 Å². The van der Waals surface area contributed by atoms with Gasteiger partial charge in [0.05, 0.1) is 21.3 Å². The molecule has 1 aromatic carbocycles. The van der Waals surface area contributed by atoms with E-state index in [0.717, 1.165) is 17.1 Å². The molecule has 1 N–H and O–H groups in total. The molecule has 7 nitrogen and oxygen atoms in total. The number of nitrogens with one attached hydrogen (secondary N) is 1. The van der Waals surface area contributed by atoms with Crippen LogP contribution in [-0.4, -0.2) is 61.6 Å². The van der Waals surface area contributed by atoms with Gasteiger partial charge < -0.3 is 24.4 Å². The van der Waals surface area contributed by atoms with Gasteiger partial charge in [0.2, 0.25) is 17.6 Å². The van der Waals surface area contributed by atoms with Gasteiger partial charge in [0.25, 0.3) is 0 Å². The number of carbonyl (C=O) groups is 2. The van der Waals surface area contributed by atoms with Crippen molar-refractivity contribution in [2.24, 2.45) is 0 Å². The minimum absolute atomic E-state index is 0.0739. The summed E-state index contributed by atoms with van der Waals surface area (Å²) >= 11 is 1.83. The smallest absolute Gasteiger partial charge is 0.246 e. The summed E-state index contributed by atoms with van der Waals surface area (Å²) in [6.45, 7) is 0.994. The van der Waals surface area contributed by atoms with Gasteiger partial charge in [-0.2, -0.15) is 11.8 Å². The Balaban J connectivity index is 1.77. The van der Waals surface area contributed by atoms with Crippen LogP contribution in [0.1, 0.15) is 24.8 Å². The molecule has 3 rings (SSSR count). The number of thioether (sulfide) groups is 1. The van der Waals surface area contributed by atoms with E-state index in [0.29, 0.717) is 49.6 Å². The van der Waals surface area contributed by atoms with Crippen LogP contribution >= 0.6 is 11.8 Å². The van der Waals surface area contributed by atoms with E-state index in [9.17, 15) is 9.59 Å². The largest absolute Gasteiger partial charge is 0.493 e. The highest BCUT2D eigenvalue weighted by Gasteiger charge is 2.49. The third-order valence-electron chi connectivity index (χ3n) is 5.29. The van der Waals surface area contributed by atoms with Crippen LogP contribution in [0.5, 0.6) is 17.2 Å². The summed E-state index contributed by atoms with van der Waals surface area (Å²) < 4.78 is 16.1. The maximum absolute atomic E-state index is 13.1. The number of benzene rings is 1. The number of hydrogen-bond acceptors (Lipinski definition) is 6. The van der Waals surface area contributed by atoms with Crippen molar-refractivity contribution in [3.63, 3.8) is 0 Å². The molecule has 0 atom stereocenters. The Bertz CT molecular complexity index is 693. The average Bonchev–Trinajstić information content (AvgIpc) is 2.70. The number of nitrogens with zero attached hydrogens (tertiary/aromatic N) is 1. The Morgan fingerprint density at radius 3 is 2.22 bits per heavy atom. The molecular formula is C19H26N2O5S. The minimum Gasteiger partial charge on any atom is -0.493 e. The van der Waals surface area contributed by atoms with Crippen LogP contribution in [0.15, 0.2) is 12.1 Å². The summed E-state index contributed by atoms with van der Waals surface area (Å²) in [6, 6.07) is 3.64. The average molecular weight is 394 g/mol. The maximum Gasteiger partial charge on any atom is 0.246 e. The van der Waals surface area contributed by atoms with Gasteiger partial charge in [-0.1, -0.05) is 0 Å². The van der Waals surface area contributed by atoms with Crippen molar-refractivity contribution in [1.29, 1.82) is 0 Å². The second-order valence-electron chi connectivity index (χ2n) is 6.66. The van der Waals surface area contributed by atoms with Gasteiger partial charge in [-0.3, -0.25) is 9.59 Å². The second-order valence-corrected chi connectivity index (χ2v) is 7.88. The molecule has 148 valence electrons. The van der Waals surface area contributed by atoms with Crippen LogP contribution in [0.25, 0.3) is 0 Å². The van der Waals surface area contributed by atoms with Crippen LogP contribution in [0.4, 0.5) is 0 Å². The molecular weight excluding hydrogens is 368 g/mol. The van der Waals surface area contributed by atoms with E-state index < -0.39 is 5.54 Å². The molecule has 2 heterocycles. The van der Waals surface area contributed by atoms with E-state index >= 15 is 0 Å². The van der Waals surface area contributed by atoms with Crippen molar-refractivity contribution in [3.05, 3.63) is 17.7 Å². The molecule has 8 heteroatoms. The first kappa shape index (κ1) is 19.7. The van der Waals surface area contributed by atoms with Gasteiger partial charge in [-0.25, -0.2) is 0 Å². The van der Waals surface area contributed by atoms with Crippen molar-refractivity contribution in [3.8, 4) is 17.2 Å². The van der Waals surface area contributed by atoms with Crippen molar-refractivity contribution in [2.75, 3.05) is 39.4 Å². The molecule has 0 radical (unpaired) electrons. The minimum atomic E-state index is -0.707. The number of carbonyl (C=O) groups excluding carboxylic acids is 2. The van der Waals surface area contributed by atoms with Crippen LogP contribution in [0.2, 0.25) is 0 Å². The first-order valence-electron chi connectivity index (χ1n) is 9.01. The van der Waals surface area contributed by atoms with Crippen LogP contribution in [0, 0.1) is 0 Å². The number of rotatable bonds is 7. The Hall–Kier alpha value is -2.09. The summed E-state index contributed by atoms with van der Waals surface area (Å²) in [5.41, 5.74) is 0.134. The number of hydrogen-bond donors (Lipinski definition) is 1. The zero-order valence-electron chi connectivity index (χ0n) is 16.0. The number of β-lactam (4-membered cyclic amide) rings is 1. The molecule has 2 saturated heterocycles. The summed E-state index contributed by atoms with van der Waals surface area (Å²) in [6.07, 6.45) is 1.93. The molecule has 0 aliphatic carbocycles. The van der Waals surface area contributed by atoms with Crippen LogP contribution < -0.4 is 19.5 Å². The highest BCUT2D eigenvalue weighted by Crippen LogP contribution is 2.39. The summed E-state index contributed by atoms with van der Waals surface area (Å²) in [4.78, 5) is 26.9. The zero-order valence-corrected chi connectivity index (χ0v) is 16.8. The lowest BCUT2D eigenvalue weighted by Gasteiger charge is -2.49. The highest BCUT2D eigenvalue weighted by molar-refractivity contribution is 7.99. The van der Waals surface area contributed by atoms with Crippen molar-refractivity contribution in [1.82, 2.24) is 10.2 Å². The molecule has 2 amide bonds. The standard InChI is InChI=1S/C19H26N2O5S/c1-24-14-10-13(11-15(25-2)17(14)26-3)12-20-18(23)19(5-8-27-9-6-19)21-7-4-16(21)22/h10-11H,4-9,12H2,1-3H3,(H,20,23). The van der Waals surface area contributed by atoms with Gasteiger partial charge in [0.1, 0.15) is 5.54 Å². The molecule has 0 saturated carbocycles. The quantitative estimate of drug-likeness (QED) is 0.711. The Morgan fingerprint density at radius 1 is 1.15 bits per heavy atom. The highest BCUT2D eigenvalue weighted by atomic mass is 32.2. The topological polar surface area (TPSA) is 77.1 Å². The normalized spacial score (nSPS) is 18.5. The number of likely N-dealkylation sites (tertiary alicyclic amines) is 1. The van der Waals surface area contributed by atoms with Crippen LogP contribution in [0.3, 0.4) is 0 Å². The molecule has 0 bridgehead atoms. The fourth-order valence-corrected chi connectivity index (χ4v) is 4.85. The summed E-state index contributed by atoms with van der Waals surface area (Å²) in [7, 11) is 4.67. The molecule has 1 aromatic rings. The van der Waals surface area contributed by atoms with Crippen molar-refractivity contribution < 1.29 is 23.8 Å². The Kier molecular flexibility index (Phi) is 6.04. The van der Waals surface area contributed by atoms with Gasteiger partial charge in [-0.05, 0) is 42.0 Å². The first-order valence-corrected chi connectivity index (χ1v) is 10.2. The van der Waals surface area contributed by atoms with Gasteiger partial charge in [-0.15, -0.1) is 0 Å². The third-order valence-corrected chi connectivity index (χ3v) is 6.27. The maximum atomic E-state index is 13.1. The van der Waals surface area contributed by atoms with E-state index in [1.165, 1.54) is 0 Å². The van der Waals surface area contributed by atoms with E-state index in [1.807, 2.05) is 23.9 Å². The molecule has 0 spiro atoms. The molecule has 27 heavy (non-hydrogen) atoms. The van der Waals surface area contributed by atoms with Gasteiger partial charge >= 0.3 is 0 Å². The fourth-order valence-electron chi connectivity index (χ4n) is 3.68. The predicted molar refractivity (Wildman–Crippen MR) is 104 cm³/mol. The summed E-state index contributed by atoms with van der Waals surface area (Å²) in [5.74, 6) is 3.38. The number of ether oxygens (including phenoxy) is 3. The van der Waals surface area contributed by atoms with Crippen molar-refractivity contribution in [2.45, 2.75) is 31.3 Å². The lowest BCUT2D eigenvalue weighted by Crippen LogP contribution is -2.66. The number of methoxy groups -OCH3 is 3. The third kappa shape index (κ3) is 3.67. The number of amides is 2. The molecule has 0 aromatic heterocycles. The molecule has 2 aliphatic heterocycles. The monoisotopic (exact) mass is 394 g/mol. The lowest BCUT2D eigenvalue weighted by atomic mass is 9.85. The van der Waals surface area contributed by atoms with Gasteiger partial charge in [0.15, 0.2) is 11.5 Å². The summed E-state index contributed by atoms with van der Waals surface area (Å²) in [5, 5.41) is 3.03. The van der Waals surface area contributed by atoms with E-state index in [2.05, 4.69) is 5.32 Å². The van der Waals surface area contributed by atoms with Crippen molar-refractivity contribution >= 4 is 23.6 Å². The molecule has 2 fully saturated rings. The fraction of sp³-hybridized carbons (Fsp3) is 0.579. The van der Waals surface area contributed by atoms with Crippen LogP contribution in [-0.2, 0) is 16.1 Å². The second kappa shape index (κ2) is 8.29. The lowest BCUT2D eigenvalue weighted by molar-refractivity contribution is -0.157. The SMILES string of the molecule is COc1cc(CNC(=O)C2(N3CCC3=O)CCSCC2)cc(OC)c1OC. The predicted octanol–water partition coefficient (Wildman–Crippen LogP) is 1.83. The molecule has 2 aliphatic rings. The van der Waals surface area contributed by atoms with E-state index in [4.69, 9.17) is 14.2 Å².